The Bertz CT molecular complexity index is 5080. The molecule has 0 aromatic heterocycles. The summed E-state index contributed by atoms with van der Waals surface area (Å²) < 4.78 is 14.9. The molecule has 11 rings (SSSR count). The first kappa shape index (κ1) is 89.4. The molecule has 0 radical (unpaired) electrons. The van der Waals surface area contributed by atoms with Gasteiger partial charge in [-0.15, -0.1) is 0 Å². The van der Waals surface area contributed by atoms with E-state index in [9.17, 15) is 30.6 Å². The van der Waals surface area contributed by atoms with Gasteiger partial charge < -0.3 is 40.1 Å². The summed E-state index contributed by atoms with van der Waals surface area (Å²) in [5, 5.41) is 79.7. The van der Waals surface area contributed by atoms with Crippen LogP contribution in [0.25, 0.3) is 0 Å². The van der Waals surface area contributed by atoms with Crippen LogP contribution in [0.3, 0.4) is 0 Å². The number of fused-ring (bicyclic) bond motifs is 16. The van der Waals surface area contributed by atoms with Crippen LogP contribution in [0.5, 0.6) is 46.0 Å². The first-order valence-corrected chi connectivity index (χ1v) is 43.1. The summed E-state index contributed by atoms with van der Waals surface area (Å²) >= 11 is 0. The van der Waals surface area contributed by atoms with Crippen LogP contribution in [0, 0.1) is 0 Å². The Labute approximate surface area is 709 Å². The molecule has 0 unspecified atom stereocenters. The normalized spacial score (nSPS) is 14.0. The van der Waals surface area contributed by atoms with Gasteiger partial charge in [0.1, 0.15) is 59.2 Å². The van der Waals surface area contributed by atoms with Crippen molar-refractivity contribution >= 4 is 0 Å². The average molecular weight is 1590 g/mol. The van der Waals surface area contributed by atoms with E-state index in [-0.39, 0.29) is 140 Å². The van der Waals surface area contributed by atoms with E-state index in [0.717, 1.165) is 89.0 Å². The number of phenolic OH excluding ortho intramolecular Hbond substituents is 6. The molecule has 6 N–H and O–H groups in total. The third-order valence-electron chi connectivity index (χ3n) is 24.5. The van der Waals surface area contributed by atoms with Crippen molar-refractivity contribution < 1.29 is 40.1 Å². The zero-order chi connectivity index (χ0) is 87.2. The molecule has 0 heterocycles. The molecule has 8 nitrogen and oxygen atoms in total. The van der Waals surface area contributed by atoms with Crippen LogP contribution in [0.15, 0.2) is 146 Å². The standard InChI is InChI=1S/C110H140O8/c1-101(2,3)83-35-31-65(32-36-83)63-117-99-79-43-75-55-88(106(16,17)18)53-73(96(75)114)41-71-51-86(104(10,11)12)49-69(94(71)112)39-67-47-85(103(7,8)9)48-68(93(67)111)40-70-50-87(105(13,14)15)52-72(95(70)113)42-74-54-89(107(19,20)21)56-76(97(74)115)44-80-60-92(110(28,29)30)62-82(100(80)118-64-66-33-37-84(38-34-66)102(4,5)6)46-78-58-90(108(22,23)24)57-77(98(78)116)45-81(99)61-91(59-79)109(25,26)27/h31-38,47-62,111-116H,39-46,63-64H2,1-30H3. The van der Waals surface area contributed by atoms with Gasteiger partial charge >= 0.3 is 0 Å². The smallest absolute Gasteiger partial charge is 0.126 e. The van der Waals surface area contributed by atoms with Crippen LogP contribution in [0.2, 0.25) is 0 Å². The van der Waals surface area contributed by atoms with Gasteiger partial charge in [-0.25, -0.2) is 0 Å². The minimum Gasteiger partial charge on any atom is -0.507 e. The zero-order valence-electron chi connectivity index (χ0n) is 77.4. The maximum absolute atomic E-state index is 13.7. The van der Waals surface area contributed by atoms with Gasteiger partial charge in [0.2, 0.25) is 0 Å². The predicted octanol–water partition coefficient (Wildman–Crippen LogP) is 27.1. The molecule has 0 saturated heterocycles. The SMILES string of the molecule is CC(C)(C)c1ccc(COc2c3cc(C(C)(C)C)cc2Cc2cc(C(C)(C)C)cc(c2O)Cc2cc(C(C)(C)C)cc(c2OCc2ccc(C(C)(C)C)cc2)Cc2cc(C(C)(C)C)cc(c2O)Cc2cc(C(C)(C)C)cc(c2O)Cc2cc(C(C)(C)C)cc(c2O)Cc2cc(C(C)(C)C)cc(c2O)Cc2cc(C(C)(C)C)cc(c2O)C3)cc1. The molecular weight excluding hydrogens is 1450 g/mol. The van der Waals surface area contributed by atoms with E-state index in [1.807, 2.05) is 0 Å². The number of rotatable bonds is 6. The molecule has 8 heteroatoms. The third-order valence-corrected chi connectivity index (χ3v) is 24.5. The highest BCUT2D eigenvalue weighted by Gasteiger charge is 2.33. The lowest BCUT2D eigenvalue weighted by Crippen LogP contribution is -2.16. The summed E-state index contributed by atoms with van der Waals surface area (Å²) in [7, 11) is 0. The Morgan fingerprint density at radius 3 is 0.424 bits per heavy atom. The van der Waals surface area contributed by atoms with Crippen molar-refractivity contribution in [3.63, 3.8) is 0 Å². The van der Waals surface area contributed by atoms with Gasteiger partial charge in [0.25, 0.3) is 0 Å². The summed E-state index contributed by atoms with van der Waals surface area (Å²) in [4.78, 5) is 0. The molecule has 0 fully saturated rings. The van der Waals surface area contributed by atoms with E-state index < -0.39 is 0 Å². The highest BCUT2D eigenvalue weighted by atomic mass is 16.5. The molecule has 118 heavy (non-hydrogen) atoms. The van der Waals surface area contributed by atoms with Gasteiger partial charge in [0.15, 0.2) is 0 Å². The monoisotopic (exact) mass is 1590 g/mol. The minimum absolute atomic E-state index is 0.0572. The minimum atomic E-state index is -0.374. The zero-order valence-corrected chi connectivity index (χ0v) is 77.4. The molecule has 628 valence electrons. The lowest BCUT2D eigenvalue weighted by atomic mass is 9.79. The molecular formula is C110H140O8. The van der Waals surface area contributed by atoms with Gasteiger partial charge in [0.05, 0.1) is 0 Å². The van der Waals surface area contributed by atoms with E-state index in [4.69, 9.17) is 9.47 Å². The van der Waals surface area contributed by atoms with Gasteiger partial charge in [0, 0.05) is 51.4 Å². The number of hydrogen-bond donors (Lipinski definition) is 6. The molecule has 1 aliphatic rings. The maximum atomic E-state index is 13.7. The highest BCUT2D eigenvalue weighted by Crippen LogP contribution is 2.48. The van der Waals surface area contributed by atoms with Crippen molar-refractivity contribution in [2.24, 2.45) is 0 Å². The van der Waals surface area contributed by atoms with Crippen molar-refractivity contribution in [1.29, 1.82) is 0 Å². The molecule has 0 saturated carbocycles. The molecule has 0 spiro atoms. The Morgan fingerprint density at radius 2 is 0.297 bits per heavy atom. The fourth-order valence-electron chi connectivity index (χ4n) is 16.2. The highest BCUT2D eigenvalue weighted by molar-refractivity contribution is 5.63. The third kappa shape index (κ3) is 20.5. The van der Waals surface area contributed by atoms with Gasteiger partial charge in [-0.1, -0.05) is 353 Å². The van der Waals surface area contributed by atoms with Crippen LogP contribution in [0.4, 0.5) is 0 Å². The largest absolute Gasteiger partial charge is 0.507 e. The van der Waals surface area contributed by atoms with Crippen molar-refractivity contribution in [2.75, 3.05) is 0 Å². The van der Waals surface area contributed by atoms with Crippen LogP contribution in [0.1, 0.15) is 363 Å². The van der Waals surface area contributed by atoms with E-state index in [1.165, 1.54) is 11.1 Å². The summed E-state index contributed by atoms with van der Waals surface area (Å²) in [6.45, 7) is 66.7. The Hall–Kier alpha value is -9.40. The van der Waals surface area contributed by atoms with E-state index >= 15 is 0 Å². The van der Waals surface area contributed by atoms with Gasteiger partial charge in [-0.05, 0) is 210 Å². The first-order chi connectivity index (χ1) is 54.2. The fourth-order valence-corrected chi connectivity index (χ4v) is 16.2. The fraction of sp³-hybridized carbons (Fsp3) is 0.455. The second-order valence-corrected chi connectivity index (χ2v) is 45.0. The van der Waals surface area contributed by atoms with Crippen LogP contribution < -0.4 is 9.47 Å². The second kappa shape index (κ2) is 32.3. The van der Waals surface area contributed by atoms with Crippen molar-refractivity contribution in [2.45, 2.75) is 326 Å². The molecule has 16 bridgehead atoms. The van der Waals surface area contributed by atoms with E-state index in [1.54, 1.807) is 0 Å². The molecule has 0 aliphatic heterocycles. The summed E-state index contributed by atoms with van der Waals surface area (Å²) in [6.07, 6.45) is 1.95. The van der Waals surface area contributed by atoms with Crippen molar-refractivity contribution in [3.8, 4) is 46.0 Å². The molecule has 0 atom stereocenters. The lowest BCUT2D eigenvalue weighted by molar-refractivity contribution is 0.300. The molecule has 10 aromatic carbocycles. The number of hydrogen-bond acceptors (Lipinski definition) is 8. The number of phenols is 6. The van der Waals surface area contributed by atoms with Crippen LogP contribution in [-0.4, -0.2) is 30.6 Å². The van der Waals surface area contributed by atoms with E-state index in [2.05, 4.69) is 353 Å². The van der Waals surface area contributed by atoms with Crippen LogP contribution in [-0.2, 0) is 119 Å². The number of benzene rings is 10. The first-order valence-electron chi connectivity index (χ1n) is 43.1. The summed E-state index contributed by atoms with van der Waals surface area (Å²) in [6, 6.07) is 51.8. The average Bonchev–Trinajstić information content (AvgIpc) is 0.772. The summed E-state index contributed by atoms with van der Waals surface area (Å²) in [5.74, 6) is 2.08. The molecule has 0 amide bonds. The van der Waals surface area contributed by atoms with Gasteiger partial charge in [-0.3, -0.25) is 0 Å². The quantitative estimate of drug-likeness (QED) is 0.0968. The molecule has 10 aromatic rings. The maximum Gasteiger partial charge on any atom is 0.126 e. The lowest BCUT2D eigenvalue weighted by Gasteiger charge is -2.28. The summed E-state index contributed by atoms with van der Waals surface area (Å²) in [5.41, 5.74) is 21.3. The Kier molecular flexibility index (Phi) is 24.5. The van der Waals surface area contributed by atoms with Crippen molar-refractivity contribution in [1.82, 2.24) is 0 Å². The van der Waals surface area contributed by atoms with E-state index in [0.29, 0.717) is 80.0 Å². The Balaban J connectivity index is 1.23. The Morgan fingerprint density at radius 1 is 0.178 bits per heavy atom. The number of aromatic hydroxyl groups is 6. The molecule has 1 aliphatic carbocycles. The number of ether oxygens (including phenoxy) is 2. The van der Waals surface area contributed by atoms with Crippen molar-refractivity contribution in [3.05, 3.63) is 301 Å². The van der Waals surface area contributed by atoms with Gasteiger partial charge in [-0.2, -0.15) is 0 Å². The second-order valence-electron chi connectivity index (χ2n) is 45.0. The topological polar surface area (TPSA) is 140 Å². The predicted molar refractivity (Wildman–Crippen MR) is 493 cm³/mol. The van der Waals surface area contributed by atoms with Crippen LogP contribution >= 0.6 is 0 Å².